The molecule has 216 valence electrons. The van der Waals surface area contributed by atoms with Crippen LogP contribution in [0.3, 0.4) is 0 Å². The Hall–Kier alpha value is -3.38. The number of hydrogen-bond donors (Lipinski definition) is 2. The number of carbonyl (C=O) groups is 2. The molecule has 0 spiro atoms. The predicted molar refractivity (Wildman–Crippen MR) is 156 cm³/mol. The molecule has 1 saturated carbocycles. The van der Waals surface area contributed by atoms with Crippen LogP contribution in [0.1, 0.15) is 76.1 Å². The number of piperazine rings is 1. The van der Waals surface area contributed by atoms with E-state index in [0.29, 0.717) is 38.2 Å². The minimum absolute atomic E-state index is 0.0996. The van der Waals surface area contributed by atoms with Crippen LogP contribution in [0.5, 0.6) is 0 Å². The van der Waals surface area contributed by atoms with E-state index in [1.807, 2.05) is 30.5 Å². The normalized spacial score (nSPS) is 18.8. The monoisotopic (exact) mass is 547 g/mol. The highest BCUT2D eigenvalue weighted by atomic mass is 16.2. The van der Waals surface area contributed by atoms with Crippen molar-refractivity contribution in [2.24, 2.45) is 5.41 Å². The number of carbonyl (C=O) groups excluding carboxylic acids is 2. The average Bonchev–Trinajstić information content (AvgIpc) is 3.38. The Morgan fingerprint density at radius 1 is 1.10 bits per heavy atom. The van der Waals surface area contributed by atoms with E-state index in [0.717, 1.165) is 56.5 Å². The van der Waals surface area contributed by atoms with Crippen molar-refractivity contribution < 1.29 is 9.59 Å². The molecule has 0 unspecified atom stereocenters. The zero-order valence-electron chi connectivity index (χ0n) is 24.4. The van der Waals surface area contributed by atoms with Crippen LogP contribution >= 0.6 is 0 Å². The summed E-state index contributed by atoms with van der Waals surface area (Å²) >= 11 is 0. The van der Waals surface area contributed by atoms with E-state index >= 15 is 0 Å². The molecule has 0 bridgehead atoms. The van der Waals surface area contributed by atoms with E-state index in [-0.39, 0.29) is 23.4 Å². The van der Waals surface area contributed by atoms with Crippen molar-refractivity contribution in [1.29, 1.82) is 5.26 Å². The number of benzene rings is 1. The van der Waals surface area contributed by atoms with Gasteiger partial charge in [-0.3, -0.25) is 9.69 Å². The van der Waals surface area contributed by atoms with Gasteiger partial charge in [0.05, 0.1) is 18.0 Å². The summed E-state index contributed by atoms with van der Waals surface area (Å²) in [7, 11) is 0. The van der Waals surface area contributed by atoms with Crippen LogP contribution in [0.4, 0.5) is 4.79 Å². The van der Waals surface area contributed by atoms with E-state index in [9.17, 15) is 9.59 Å². The second kappa shape index (κ2) is 13.8. The van der Waals surface area contributed by atoms with Gasteiger partial charge in [-0.05, 0) is 48.9 Å². The lowest BCUT2D eigenvalue weighted by Gasteiger charge is -2.41. The number of aromatic nitrogens is 2. The first kappa shape index (κ1) is 29.6. The lowest BCUT2D eigenvalue weighted by Crippen LogP contribution is -2.63. The molecule has 1 aliphatic heterocycles. The summed E-state index contributed by atoms with van der Waals surface area (Å²) in [5.74, 6) is -0.0996. The van der Waals surface area contributed by atoms with Gasteiger partial charge in [0.2, 0.25) is 5.91 Å². The minimum Gasteiger partial charge on any atom is -0.354 e. The summed E-state index contributed by atoms with van der Waals surface area (Å²) in [6.07, 6.45) is 10.9. The van der Waals surface area contributed by atoms with Crippen LogP contribution in [0.25, 0.3) is 0 Å². The van der Waals surface area contributed by atoms with Gasteiger partial charge >= 0.3 is 6.03 Å². The molecule has 2 heterocycles. The molecule has 3 amide bonds. The molecule has 4 rings (SSSR count). The SMILES string of the molecule is CC(C)(C)CCN1CCN(C(=O)NC2CCCCC2)[C@@H](C(=O)NCCc2cncn2Cc2ccc(C#N)cc2)C1. The molecule has 1 atom stereocenters. The molecule has 2 N–H and O–H groups in total. The Kier molecular flexibility index (Phi) is 10.2. The van der Waals surface area contributed by atoms with Gasteiger partial charge in [-0.1, -0.05) is 52.2 Å². The second-order valence-electron chi connectivity index (χ2n) is 12.5. The number of rotatable bonds is 9. The maximum absolute atomic E-state index is 13.5. The molecule has 2 fully saturated rings. The zero-order chi connectivity index (χ0) is 28.5. The minimum atomic E-state index is -0.513. The van der Waals surface area contributed by atoms with Gasteiger partial charge in [0.15, 0.2) is 0 Å². The third-order valence-corrected chi connectivity index (χ3v) is 8.05. The predicted octanol–water partition coefficient (Wildman–Crippen LogP) is 3.93. The van der Waals surface area contributed by atoms with Crippen LogP contribution in [0.15, 0.2) is 36.8 Å². The first-order chi connectivity index (χ1) is 19.2. The van der Waals surface area contributed by atoms with Crippen LogP contribution in [-0.4, -0.2) is 76.1 Å². The molecule has 1 saturated heterocycles. The Labute approximate surface area is 238 Å². The number of imidazole rings is 1. The number of nitrogens with one attached hydrogen (secondary N) is 2. The molecule has 0 radical (unpaired) electrons. The summed E-state index contributed by atoms with van der Waals surface area (Å²) in [6.45, 7) is 10.6. The van der Waals surface area contributed by atoms with Crippen molar-refractivity contribution in [3.63, 3.8) is 0 Å². The summed E-state index contributed by atoms with van der Waals surface area (Å²) in [5, 5.41) is 15.4. The molecule has 9 heteroatoms. The Morgan fingerprint density at radius 3 is 2.55 bits per heavy atom. The lowest BCUT2D eigenvalue weighted by atomic mass is 9.92. The Morgan fingerprint density at radius 2 is 1.85 bits per heavy atom. The van der Waals surface area contributed by atoms with Crippen LogP contribution in [0.2, 0.25) is 0 Å². The van der Waals surface area contributed by atoms with Crippen molar-refractivity contribution >= 4 is 11.9 Å². The third-order valence-electron chi connectivity index (χ3n) is 8.05. The topological polar surface area (TPSA) is 106 Å². The van der Waals surface area contributed by atoms with Crippen molar-refractivity contribution in [2.45, 2.75) is 84.3 Å². The van der Waals surface area contributed by atoms with E-state index < -0.39 is 6.04 Å². The Bertz CT molecular complexity index is 1160. The maximum Gasteiger partial charge on any atom is 0.318 e. The third kappa shape index (κ3) is 8.56. The van der Waals surface area contributed by atoms with Crippen molar-refractivity contribution in [1.82, 2.24) is 30.0 Å². The van der Waals surface area contributed by atoms with Gasteiger partial charge < -0.3 is 20.1 Å². The number of nitrogens with zero attached hydrogens (tertiary/aromatic N) is 5. The quantitative estimate of drug-likeness (QED) is 0.495. The standard InChI is InChI=1S/C31H45N7O2/c1-31(2,3)14-16-36-17-18-38(30(40)35-26-7-5-4-6-8-26)28(22-36)29(39)34-15-13-27-20-33-23-37(27)21-25-11-9-24(19-32)10-12-25/h9-12,20,23,26,28H,4-8,13-18,21-22H2,1-3H3,(H,34,39)(H,35,40)/t28-/m1/s1. The molecule has 40 heavy (non-hydrogen) atoms. The van der Waals surface area contributed by atoms with E-state index in [2.05, 4.69) is 51.9 Å². The van der Waals surface area contributed by atoms with Gasteiger partial charge in [-0.15, -0.1) is 0 Å². The summed E-state index contributed by atoms with van der Waals surface area (Å²) in [5.41, 5.74) is 2.96. The smallest absolute Gasteiger partial charge is 0.318 e. The van der Waals surface area contributed by atoms with E-state index in [1.54, 1.807) is 11.2 Å². The molecular weight excluding hydrogens is 502 g/mol. The average molecular weight is 548 g/mol. The van der Waals surface area contributed by atoms with Gasteiger partial charge in [0.1, 0.15) is 6.04 Å². The number of amides is 3. The van der Waals surface area contributed by atoms with Gasteiger partial charge in [-0.2, -0.15) is 5.26 Å². The molecule has 2 aliphatic rings. The van der Waals surface area contributed by atoms with Crippen molar-refractivity contribution in [3.05, 3.63) is 53.6 Å². The highest BCUT2D eigenvalue weighted by Crippen LogP contribution is 2.22. The fourth-order valence-electron chi connectivity index (χ4n) is 5.52. The first-order valence-electron chi connectivity index (χ1n) is 14.8. The molecule has 1 aliphatic carbocycles. The first-order valence-corrected chi connectivity index (χ1v) is 14.8. The van der Waals surface area contributed by atoms with Crippen molar-refractivity contribution in [2.75, 3.05) is 32.7 Å². The van der Waals surface area contributed by atoms with Gasteiger partial charge in [0.25, 0.3) is 0 Å². The Balaban J connectivity index is 1.35. The summed E-state index contributed by atoms with van der Waals surface area (Å²) in [4.78, 5) is 35.2. The number of nitriles is 1. The molecule has 1 aromatic heterocycles. The molecule has 1 aromatic carbocycles. The maximum atomic E-state index is 13.5. The van der Waals surface area contributed by atoms with Crippen LogP contribution in [0, 0.1) is 16.7 Å². The zero-order valence-corrected chi connectivity index (χ0v) is 24.4. The van der Waals surface area contributed by atoms with Crippen molar-refractivity contribution in [3.8, 4) is 6.07 Å². The molecule has 2 aromatic rings. The number of hydrogen-bond acceptors (Lipinski definition) is 5. The van der Waals surface area contributed by atoms with Gasteiger partial charge in [0, 0.05) is 57.1 Å². The summed E-state index contributed by atoms with van der Waals surface area (Å²) in [6, 6.07) is 9.27. The van der Waals surface area contributed by atoms with E-state index in [1.165, 1.54) is 6.42 Å². The second-order valence-corrected chi connectivity index (χ2v) is 12.5. The summed E-state index contributed by atoms with van der Waals surface area (Å²) < 4.78 is 2.06. The molecule has 9 nitrogen and oxygen atoms in total. The fourth-order valence-corrected chi connectivity index (χ4v) is 5.52. The van der Waals surface area contributed by atoms with Crippen LogP contribution < -0.4 is 10.6 Å². The highest BCUT2D eigenvalue weighted by molar-refractivity contribution is 5.87. The number of urea groups is 1. The molecular formula is C31H45N7O2. The van der Waals surface area contributed by atoms with Crippen LogP contribution in [-0.2, 0) is 17.8 Å². The van der Waals surface area contributed by atoms with E-state index in [4.69, 9.17) is 5.26 Å². The lowest BCUT2D eigenvalue weighted by molar-refractivity contribution is -0.127. The largest absolute Gasteiger partial charge is 0.354 e. The van der Waals surface area contributed by atoms with Gasteiger partial charge in [-0.25, -0.2) is 9.78 Å². The fraction of sp³-hybridized carbons (Fsp3) is 0.613. The highest BCUT2D eigenvalue weighted by Gasteiger charge is 2.36.